The van der Waals surface area contributed by atoms with Gasteiger partial charge in [0, 0.05) is 6.42 Å². The number of unbranched alkanes of at least 4 members (excludes halogenated alkanes) is 1. The average molecular weight is 203 g/mol. The first-order chi connectivity index (χ1) is 6.37. The molecule has 14 heavy (non-hydrogen) atoms. The minimum Gasteiger partial charge on any atom is -0.456 e. The van der Waals surface area contributed by atoms with E-state index < -0.39 is 5.60 Å². The highest BCUT2D eigenvalue weighted by Crippen LogP contribution is 2.09. The molecule has 0 aromatic carbocycles. The molecule has 1 atom stereocenters. The zero-order chi connectivity index (χ0) is 11.2. The quantitative estimate of drug-likeness (QED) is 0.490. The molecule has 0 aromatic rings. The molecule has 0 unspecified atom stereocenters. The van der Waals surface area contributed by atoms with Crippen molar-refractivity contribution in [3.8, 4) is 0 Å². The summed E-state index contributed by atoms with van der Waals surface area (Å²) in [5, 5.41) is 0. The van der Waals surface area contributed by atoms with Crippen molar-refractivity contribution in [2.45, 2.75) is 51.7 Å². The van der Waals surface area contributed by atoms with Crippen LogP contribution in [0.2, 0.25) is 0 Å². The van der Waals surface area contributed by atoms with Gasteiger partial charge in [0.2, 0.25) is 0 Å². The molecule has 0 saturated carbocycles. The molecule has 0 aliphatic rings. The number of hydrogen-bond donors (Lipinski definition) is 2. The zero-order valence-electron chi connectivity index (χ0n) is 9.51. The van der Waals surface area contributed by atoms with E-state index in [9.17, 15) is 4.79 Å². The normalized spacial score (nSPS) is 13.8. The van der Waals surface area contributed by atoms with Gasteiger partial charge in [0.15, 0.2) is 6.04 Å². The SMILES string of the molecule is CC(C)(C)OC(=O)[C@@H]([NH3+])CCCCN. The van der Waals surface area contributed by atoms with Crippen molar-refractivity contribution in [3.05, 3.63) is 0 Å². The van der Waals surface area contributed by atoms with Crippen molar-refractivity contribution in [2.24, 2.45) is 5.73 Å². The molecule has 0 aromatic heterocycles. The number of carbonyl (C=O) groups excluding carboxylic acids is 1. The van der Waals surface area contributed by atoms with Crippen molar-refractivity contribution >= 4 is 5.97 Å². The number of nitrogens with two attached hydrogens (primary N) is 1. The summed E-state index contributed by atoms with van der Waals surface area (Å²) in [4.78, 5) is 11.4. The summed E-state index contributed by atoms with van der Waals surface area (Å²) in [6, 6.07) is -0.263. The van der Waals surface area contributed by atoms with Gasteiger partial charge in [0.1, 0.15) is 5.60 Å². The lowest BCUT2D eigenvalue weighted by molar-refractivity contribution is -0.411. The lowest BCUT2D eigenvalue weighted by Gasteiger charge is -2.20. The number of esters is 1. The van der Waals surface area contributed by atoms with Crippen molar-refractivity contribution < 1.29 is 15.3 Å². The smallest absolute Gasteiger partial charge is 0.365 e. The second-order valence-corrected chi connectivity index (χ2v) is 4.51. The monoisotopic (exact) mass is 203 g/mol. The molecule has 0 aliphatic carbocycles. The Bertz CT molecular complexity index is 175. The molecule has 0 bridgehead atoms. The molecule has 0 aliphatic heterocycles. The molecular formula is C10H23N2O2+. The standard InChI is InChI=1S/C10H22N2O2/c1-10(2,3)14-9(13)8(12)6-4-5-7-11/h8H,4-7,11-12H2,1-3H3/p+1/t8-/m0/s1. The molecule has 0 fully saturated rings. The summed E-state index contributed by atoms with van der Waals surface area (Å²) in [5.41, 5.74) is 8.72. The molecule has 4 heteroatoms. The van der Waals surface area contributed by atoms with Crippen LogP contribution in [-0.4, -0.2) is 24.2 Å². The predicted molar refractivity (Wildman–Crippen MR) is 55.4 cm³/mol. The molecule has 5 N–H and O–H groups in total. The van der Waals surface area contributed by atoms with E-state index in [4.69, 9.17) is 10.5 Å². The van der Waals surface area contributed by atoms with Crippen molar-refractivity contribution in [3.63, 3.8) is 0 Å². The van der Waals surface area contributed by atoms with Crippen LogP contribution >= 0.6 is 0 Å². The van der Waals surface area contributed by atoms with Crippen LogP contribution in [0.15, 0.2) is 0 Å². The van der Waals surface area contributed by atoms with Crippen LogP contribution in [0, 0.1) is 0 Å². The van der Waals surface area contributed by atoms with Crippen LogP contribution in [0.25, 0.3) is 0 Å². The average Bonchev–Trinajstić information content (AvgIpc) is 2.01. The Morgan fingerprint density at radius 2 is 2.00 bits per heavy atom. The first-order valence-corrected chi connectivity index (χ1v) is 5.13. The van der Waals surface area contributed by atoms with Gasteiger partial charge in [0.25, 0.3) is 0 Å². The van der Waals surface area contributed by atoms with Gasteiger partial charge in [0.05, 0.1) is 0 Å². The van der Waals surface area contributed by atoms with Gasteiger partial charge in [-0.05, 0) is 40.2 Å². The lowest BCUT2D eigenvalue weighted by atomic mass is 10.1. The number of quaternary nitrogens is 1. The lowest BCUT2D eigenvalue weighted by Crippen LogP contribution is -2.65. The van der Waals surface area contributed by atoms with Crippen LogP contribution in [0.3, 0.4) is 0 Å². The van der Waals surface area contributed by atoms with E-state index in [1.165, 1.54) is 0 Å². The minimum atomic E-state index is -0.416. The molecule has 0 rings (SSSR count). The Morgan fingerprint density at radius 3 is 2.43 bits per heavy atom. The highest BCUT2D eigenvalue weighted by molar-refractivity contribution is 5.74. The molecule has 84 valence electrons. The van der Waals surface area contributed by atoms with Gasteiger partial charge in [-0.25, -0.2) is 4.79 Å². The van der Waals surface area contributed by atoms with E-state index in [1.807, 2.05) is 20.8 Å². The van der Waals surface area contributed by atoms with Gasteiger partial charge in [-0.3, -0.25) is 0 Å². The van der Waals surface area contributed by atoms with E-state index in [0.717, 1.165) is 19.3 Å². The van der Waals surface area contributed by atoms with Gasteiger partial charge in [-0.2, -0.15) is 0 Å². The first kappa shape index (κ1) is 13.4. The topological polar surface area (TPSA) is 80.0 Å². The summed E-state index contributed by atoms with van der Waals surface area (Å²) in [5.74, 6) is -0.213. The molecule has 4 nitrogen and oxygen atoms in total. The third-order valence-corrected chi connectivity index (χ3v) is 1.75. The summed E-state index contributed by atoms with van der Waals surface area (Å²) < 4.78 is 5.20. The van der Waals surface area contributed by atoms with E-state index in [0.29, 0.717) is 6.54 Å². The molecule has 0 spiro atoms. The van der Waals surface area contributed by atoms with Crippen LogP contribution in [-0.2, 0) is 9.53 Å². The Kier molecular flexibility index (Phi) is 5.72. The Labute approximate surface area is 86.0 Å². The number of rotatable bonds is 5. The predicted octanol–water partition coefficient (Wildman–Crippen LogP) is 0.0676. The maximum absolute atomic E-state index is 11.4. The zero-order valence-corrected chi connectivity index (χ0v) is 9.51. The molecule has 0 saturated heterocycles. The van der Waals surface area contributed by atoms with Crippen LogP contribution in [0.4, 0.5) is 0 Å². The second kappa shape index (κ2) is 5.98. The van der Waals surface area contributed by atoms with E-state index in [-0.39, 0.29) is 12.0 Å². The number of carbonyl (C=O) groups is 1. The maximum atomic E-state index is 11.4. The van der Waals surface area contributed by atoms with Crippen LogP contribution in [0.5, 0.6) is 0 Å². The van der Waals surface area contributed by atoms with Crippen LogP contribution < -0.4 is 11.5 Å². The molecule has 0 amide bonds. The number of ether oxygens (including phenoxy) is 1. The molecule has 0 heterocycles. The van der Waals surface area contributed by atoms with Gasteiger partial charge in [-0.1, -0.05) is 0 Å². The van der Waals surface area contributed by atoms with Crippen LogP contribution in [0.1, 0.15) is 40.0 Å². The van der Waals surface area contributed by atoms with Gasteiger partial charge < -0.3 is 16.2 Å². The second-order valence-electron chi connectivity index (χ2n) is 4.51. The molecule has 0 radical (unpaired) electrons. The van der Waals surface area contributed by atoms with Gasteiger partial charge >= 0.3 is 5.97 Å². The largest absolute Gasteiger partial charge is 0.456 e. The van der Waals surface area contributed by atoms with Gasteiger partial charge in [-0.15, -0.1) is 0 Å². The summed E-state index contributed by atoms with van der Waals surface area (Å²) >= 11 is 0. The third kappa shape index (κ3) is 6.86. The van der Waals surface area contributed by atoms with Crippen molar-refractivity contribution in [1.29, 1.82) is 0 Å². The summed E-state index contributed by atoms with van der Waals surface area (Å²) in [6.45, 7) is 6.24. The fraction of sp³-hybridized carbons (Fsp3) is 0.900. The fourth-order valence-electron chi connectivity index (χ4n) is 1.04. The highest BCUT2D eigenvalue weighted by Gasteiger charge is 2.24. The first-order valence-electron chi connectivity index (χ1n) is 5.13. The van der Waals surface area contributed by atoms with E-state index in [2.05, 4.69) is 5.73 Å². The summed E-state index contributed by atoms with van der Waals surface area (Å²) in [7, 11) is 0. The third-order valence-electron chi connectivity index (χ3n) is 1.75. The maximum Gasteiger partial charge on any atom is 0.365 e. The van der Waals surface area contributed by atoms with Crippen molar-refractivity contribution in [2.75, 3.05) is 6.54 Å². The van der Waals surface area contributed by atoms with Crippen molar-refractivity contribution in [1.82, 2.24) is 0 Å². The highest BCUT2D eigenvalue weighted by atomic mass is 16.6. The Hall–Kier alpha value is -0.610. The summed E-state index contributed by atoms with van der Waals surface area (Å²) in [6.07, 6.45) is 2.63. The number of hydrogen-bond acceptors (Lipinski definition) is 3. The Balaban J connectivity index is 3.77. The fourth-order valence-corrected chi connectivity index (χ4v) is 1.04. The molecular weight excluding hydrogens is 180 g/mol. The van der Waals surface area contributed by atoms with E-state index >= 15 is 0 Å². The Morgan fingerprint density at radius 1 is 1.43 bits per heavy atom. The van der Waals surface area contributed by atoms with E-state index in [1.54, 1.807) is 0 Å². The minimum absolute atomic E-state index is 0.213.